The van der Waals surface area contributed by atoms with Gasteiger partial charge in [-0.15, -0.1) is 0 Å². The summed E-state index contributed by atoms with van der Waals surface area (Å²) in [6.45, 7) is 0.0368. The maximum absolute atomic E-state index is 11.3. The quantitative estimate of drug-likeness (QED) is 0.723. The summed E-state index contributed by atoms with van der Waals surface area (Å²) in [5.41, 5.74) is 1.90. The zero-order valence-corrected chi connectivity index (χ0v) is 14.3. The SMILES string of the molecule is CS(=O)(=O)OC[C@@H](Cc1ccccc1)c1ccc(Cl)cc1Cl. The Morgan fingerprint density at radius 1 is 1.09 bits per heavy atom. The van der Waals surface area contributed by atoms with Gasteiger partial charge in [0.2, 0.25) is 0 Å². The highest BCUT2D eigenvalue weighted by atomic mass is 35.5. The van der Waals surface area contributed by atoms with E-state index in [4.69, 9.17) is 27.4 Å². The Kier molecular flexibility index (Phi) is 5.87. The zero-order chi connectivity index (χ0) is 16.2. The van der Waals surface area contributed by atoms with Gasteiger partial charge < -0.3 is 0 Å². The van der Waals surface area contributed by atoms with E-state index in [-0.39, 0.29) is 12.5 Å². The van der Waals surface area contributed by atoms with Crippen LogP contribution in [0.25, 0.3) is 0 Å². The van der Waals surface area contributed by atoms with E-state index >= 15 is 0 Å². The van der Waals surface area contributed by atoms with Crippen molar-refractivity contribution in [1.82, 2.24) is 0 Å². The summed E-state index contributed by atoms with van der Waals surface area (Å²) in [5, 5.41) is 1.04. The second-order valence-corrected chi connectivity index (χ2v) is 7.53. The van der Waals surface area contributed by atoms with Gasteiger partial charge in [0.25, 0.3) is 10.1 Å². The van der Waals surface area contributed by atoms with Crippen molar-refractivity contribution >= 4 is 33.3 Å². The van der Waals surface area contributed by atoms with Gasteiger partial charge in [0.05, 0.1) is 12.9 Å². The van der Waals surface area contributed by atoms with Crippen LogP contribution in [0.5, 0.6) is 0 Å². The Morgan fingerprint density at radius 3 is 2.36 bits per heavy atom. The van der Waals surface area contributed by atoms with Crippen LogP contribution in [-0.4, -0.2) is 21.3 Å². The highest BCUT2D eigenvalue weighted by molar-refractivity contribution is 7.85. The fourth-order valence-corrected chi connectivity index (χ4v) is 3.17. The van der Waals surface area contributed by atoms with Crippen LogP contribution in [0.4, 0.5) is 0 Å². The van der Waals surface area contributed by atoms with Gasteiger partial charge in [-0.1, -0.05) is 59.6 Å². The first-order valence-corrected chi connectivity index (χ1v) is 9.25. The number of rotatable bonds is 6. The number of benzene rings is 2. The molecule has 0 bridgehead atoms. The van der Waals surface area contributed by atoms with Gasteiger partial charge in [-0.25, -0.2) is 0 Å². The molecule has 0 heterocycles. The summed E-state index contributed by atoms with van der Waals surface area (Å²) >= 11 is 12.2. The minimum atomic E-state index is -3.51. The maximum atomic E-state index is 11.3. The van der Waals surface area contributed by atoms with Crippen LogP contribution in [-0.2, 0) is 20.7 Å². The van der Waals surface area contributed by atoms with E-state index in [2.05, 4.69) is 0 Å². The van der Waals surface area contributed by atoms with Gasteiger partial charge in [0, 0.05) is 16.0 Å². The Balaban J connectivity index is 2.28. The van der Waals surface area contributed by atoms with Gasteiger partial charge >= 0.3 is 0 Å². The molecule has 0 N–H and O–H groups in total. The first kappa shape index (κ1) is 17.3. The van der Waals surface area contributed by atoms with E-state index in [1.165, 1.54) is 0 Å². The number of halogens is 2. The molecular weight excluding hydrogens is 343 g/mol. The van der Waals surface area contributed by atoms with Gasteiger partial charge in [0.1, 0.15) is 0 Å². The van der Waals surface area contributed by atoms with Gasteiger partial charge in [-0.2, -0.15) is 8.42 Å². The molecule has 0 amide bonds. The van der Waals surface area contributed by atoms with E-state index < -0.39 is 10.1 Å². The van der Waals surface area contributed by atoms with Crippen LogP contribution in [0, 0.1) is 0 Å². The van der Waals surface area contributed by atoms with Crippen molar-refractivity contribution in [2.75, 3.05) is 12.9 Å². The normalized spacial score (nSPS) is 13.0. The molecule has 2 rings (SSSR count). The van der Waals surface area contributed by atoms with Crippen LogP contribution in [0.3, 0.4) is 0 Å². The van der Waals surface area contributed by atoms with Crippen LogP contribution >= 0.6 is 23.2 Å². The zero-order valence-electron chi connectivity index (χ0n) is 12.0. The van der Waals surface area contributed by atoms with Crippen LogP contribution in [0.1, 0.15) is 17.0 Å². The lowest BCUT2D eigenvalue weighted by molar-refractivity contribution is 0.293. The smallest absolute Gasteiger partial charge is 0.264 e. The summed E-state index contributed by atoms with van der Waals surface area (Å²) in [7, 11) is -3.51. The van der Waals surface area contributed by atoms with E-state index in [1.54, 1.807) is 12.1 Å². The van der Waals surface area contributed by atoms with E-state index in [1.807, 2.05) is 36.4 Å². The maximum Gasteiger partial charge on any atom is 0.264 e. The summed E-state index contributed by atoms with van der Waals surface area (Å²) in [4.78, 5) is 0. The van der Waals surface area contributed by atoms with Crippen molar-refractivity contribution < 1.29 is 12.6 Å². The average Bonchev–Trinajstić information content (AvgIpc) is 2.44. The Hall–Kier alpha value is -1.07. The van der Waals surface area contributed by atoms with Crippen LogP contribution in [0.15, 0.2) is 48.5 Å². The summed E-state index contributed by atoms with van der Waals surface area (Å²) in [6.07, 6.45) is 1.66. The molecule has 0 unspecified atom stereocenters. The van der Waals surface area contributed by atoms with Crippen LogP contribution in [0.2, 0.25) is 10.0 Å². The molecule has 118 valence electrons. The van der Waals surface area contributed by atoms with Gasteiger partial charge in [-0.3, -0.25) is 4.18 Å². The lowest BCUT2D eigenvalue weighted by Gasteiger charge is -2.18. The molecule has 0 radical (unpaired) electrons. The first-order valence-electron chi connectivity index (χ1n) is 6.68. The molecule has 0 fully saturated rings. The molecule has 0 aliphatic rings. The van der Waals surface area contributed by atoms with Crippen molar-refractivity contribution in [1.29, 1.82) is 0 Å². The summed E-state index contributed by atoms with van der Waals surface area (Å²) in [6, 6.07) is 15.0. The monoisotopic (exact) mass is 358 g/mol. The molecule has 6 heteroatoms. The highest BCUT2D eigenvalue weighted by Crippen LogP contribution is 2.30. The first-order chi connectivity index (χ1) is 10.3. The largest absolute Gasteiger partial charge is 0.270 e. The standard InChI is InChI=1S/C16H16Cl2O3S/c1-22(19,20)21-11-13(9-12-5-3-2-4-6-12)15-8-7-14(17)10-16(15)18/h2-8,10,13H,9,11H2,1H3/t13-/m1/s1. The second kappa shape index (κ2) is 7.47. The average molecular weight is 359 g/mol. The molecule has 1 atom stereocenters. The molecule has 0 aliphatic heterocycles. The molecular formula is C16H16Cl2O3S. The molecule has 0 aliphatic carbocycles. The lowest BCUT2D eigenvalue weighted by Crippen LogP contribution is -2.15. The third-order valence-corrected chi connectivity index (χ3v) is 4.34. The Bertz CT molecular complexity index is 730. The minimum absolute atomic E-state index is 0.0368. The van der Waals surface area contributed by atoms with Gasteiger partial charge in [0.15, 0.2) is 0 Å². The molecule has 0 saturated carbocycles. The molecule has 0 saturated heterocycles. The predicted molar refractivity (Wildman–Crippen MR) is 90.1 cm³/mol. The fraction of sp³-hybridized carbons (Fsp3) is 0.250. The van der Waals surface area contributed by atoms with E-state index in [0.717, 1.165) is 17.4 Å². The number of hydrogen-bond donors (Lipinski definition) is 0. The second-order valence-electron chi connectivity index (χ2n) is 5.04. The highest BCUT2D eigenvalue weighted by Gasteiger charge is 2.18. The molecule has 0 aromatic heterocycles. The number of hydrogen-bond acceptors (Lipinski definition) is 3. The predicted octanol–water partition coefficient (Wildman–Crippen LogP) is 4.30. The van der Waals surface area contributed by atoms with Crippen molar-refractivity contribution in [3.8, 4) is 0 Å². The fourth-order valence-electron chi connectivity index (χ4n) is 2.20. The Labute approximate surface area is 141 Å². The lowest BCUT2D eigenvalue weighted by atomic mass is 9.93. The molecule has 2 aromatic rings. The molecule has 2 aromatic carbocycles. The third-order valence-electron chi connectivity index (χ3n) is 3.21. The third kappa shape index (κ3) is 5.29. The molecule has 3 nitrogen and oxygen atoms in total. The minimum Gasteiger partial charge on any atom is -0.270 e. The van der Waals surface area contributed by atoms with E-state index in [9.17, 15) is 8.42 Å². The summed E-state index contributed by atoms with van der Waals surface area (Å²) < 4.78 is 27.5. The molecule has 22 heavy (non-hydrogen) atoms. The van der Waals surface area contributed by atoms with Crippen molar-refractivity contribution in [3.63, 3.8) is 0 Å². The Morgan fingerprint density at radius 2 is 1.77 bits per heavy atom. The van der Waals surface area contributed by atoms with Crippen LogP contribution < -0.4 is 0 Å². The van der Waals surface area contributed by atoms with Crippen molar-refractivity contribution in [2.45, 2.75) is 12.3 Å². The topological polar surface area (TPSA) is 43.4 Å². The van der Waals surface area contributed by atoms with Crippen molar-refractivity contribution in [3.05, 3.63) is 69.7 Å². The summed E-state index contributed by atoms with van der Waals surface area (Å²) in [5.74, 6) is -0.179. The van der Waals surface area contributed by atoms with Gasteiger partial charge in [-0.05, 0) is 29.7 Å². The van der Waals surface area contributed by atoms with E-state index in [0.29, 0.717) is 16.5 Å². The van der Waals surface area contributed by atoms with Crippen molar-refractivity contribution in [2.24, 2.45) is 0 Å². The molecule has 0 spiro atoms.